The average Bonchev–Trinajstić information content (AvgIpc) is 3.45. The molecule has 0 spiro atoms. The summed E-state index contributed by atoms with van der Waals surface area (Å²) in [7, 11) is 0. The second-order valence-corrected chi connectivity index (χ2v) is 24.5. The Bertz CT molecular complexity index is 1270. The summed E-state index contributed by atoms with van der Waals surface area (Å²) >= 11 is 0. The van der Waals surface area contributed by atoms with Crippen molar-refractivity contribution in [3.05, 3.63) is 24.3 Å². The third kappa shape index (κ3) is 66.6. The van der Waals surface area contributed by atoms with E-state index >= 15 is 0 Å². The minimum absolute atomic E-state index is 0.0689. The lowest BCUT2D eigenvalue weighted by Gasteiger charge is -2.18. The first-order valence-corrected chi connectivity index (χ1v) is 35.8. The lowest BCUT2D eigenvalue weighted by Crippen LogP contribution is -2.30. The predicted octanol–water partition coefficient (Wildman–Crippen LogP) is 24.6. The van der Waals surface area contributed by atoms with E-state index in [2.05, 4.69) is 45.1 Å². The van der Waals surface area contributed by atoms with Crippen LogP contribution in [0.15, 0.2) is 24.3 Å². The molecule has 0 aliphatic rings. The molecule has 6 heteroatoms. The fourth-order valence-corrected chi connectivity index (χ4v) is 11.0. The maximum Gasteiger partial charge on any atom is 0.306 e. The van der Waals surface area contributed by atoms with E-state index in [4.69, 9.17) is 14.2 Å². The molecule has 6 nitrogen and oxygen atoms in total. The number of allylic oxidation sites excluding steroid dienone is 4. The van der Waals surface area contributed by atoms with Crippen LogP contribution in [-0.4, -0.2) is 37.2 Å². The first kappa shape index (κ1) is 76.9. The van der Waals surface area contributed by atoms with Gasteiger partial charge in [-0.25, -0.2) is 0 Å². The van der Waals surface area contributed by atoms with Gasteiger partial charge in [0, 0.05) is 19.3 Å². The number of rotatable bonds is 67. The molecule has 0 saturated carbocycles. The molecule has 0 aliphatic heterocycles. The summed E-state index contributed by atoms with van der Waals surface area (Å²) < 4.78 is 17.0. The molecule has 0 aromatic heterocycles. The van der Waals surface area contributed by atoms with Crippen LogP contribution >= 0.6 is 0 Å². The molecule has 79 heavy (non-hydrogen) atoms. The molecule has 0 fully saturated rings. The topological polar surface area (TPSA) is 78.9 Å². The van der Waals surface area contributed by atoms with Crippen LogP contribution in [0.25, 0.3) is 0 Å². The summed E-state index contributed by atoms with van der Waals surface area (Å²) in [5.74, 6) is -0.846. The number of carbonyl (C=O) groups is 3. The smallest absolute Gasteiger partial charge is 0.306 e. The minimum Gasteiger partial charge on any atom is -0.462 e. The van der Waals surface area contributed by atoms with Gasteiger partial charge in [0.25, 0.3) is 0 Å². The Morgan fingerprint density at radius 2 is 0.418 bits per heavy atom. The molecule has 1 atom stereocenters. The number of hydrogen-bond donors (Lipinski definition) is 0. The van der Waals surface area contributed by atoms with E-state index in [1.807, 2.05) is 0 Å². The normalized spacial score (nSPS) is 12.1. The first-order chi connectivity index (χ1) is 39.0. The standard InChI is InChI=1S/C73H138O6/c1-4-7-10-13-16-19-22-25-28-31-33-34-35-36-37-38-39-40-43-45-48-51-54-57-60-63-66-72(75)78-69-70(68-77-71(74)65-62-59-56-53-50-47-44-41-30-27-24-21-18-15-12-9-6-3)79-73(76)67-64-61-58-55-52-49-46-42-32-29-26-23-20-17-14-11-8-5-2/h27,29-30,32,70H,4-26,28,31,33-69H2,1-3H3/b30-27-,32-29-. The summed E-state index contributed by atoms with van der Waals surface area (Å²) in [6, 6.07) is 0. The lowest BCUT2D eigenvalue weighted by molar-refractivity contribution is -0.167. The van der Waals surface area contributed by atoms with Crippen molar-refractivity contribution in [3.8, 4) is 0 Å². The van der Waals surface area contributed by atoms with Gasteiger partial charge in [0.15, 0.2) is 6.10 Å². The van der Waals surface area contributed by atoms with E-state index in [1.165, 1.54) is 308 Å². The fraction of sp³-hybridized carbons (Fsp3) is 0.904. The Balaban J connectivity index is 4.25. The number of ether oxygens (including phenoxy) is 3. The second kappa shape index (κ2) is 68.4. The lowest BCUT2D eigenvalue weighted by atomic mass is 10.0. The summed E-state index contributed by atoms with van der Waals surface area (Å²) in [5.41, 5.74) is 0. The van der Waals surface area contributed by atoms with Gasteiger partial charge in [0.2, 0.25) is 0 Å². The molecule has 0 rings (SSSR count). The molecule has 0 amide bonds. The van der Waals surface area contributed by atoms with Gasteiger partial charge in [-0.15, -0.1) is 0 Å². The predicted molar refractivity (Wildman–Crippen MR) is 344 cm³/mol. The fourth-order valence-electron chi connectivity index (χ4n) is 11.0. The van der Waals surface area contributed by atoms with Crippen LogP contribution in [0.2, 0.25) is 0 Å². The monoisotopic (exact) mass is 1110 g/mol. The Kier molecular flexibility index (Phi) is 66.6. The van der Waals surface area contributed by atoms with Crippen molar-refractivity contribution < 1.29 is 28.6 Å². The molecule has 0 saturated heterocycles. The van der Waals surface area contributed by atoms with Gasteiger partial charge in [0.05, 0.1) is 0 Å². The van der Waals surface area contributed by atoms with E-state index in [9.17, 15) is 14.4 Å². The van der Waals surface area contributed by atoms with Crippen LogP contribution in [0.3, 0.4) is 0 Å². The van der Waals surface area contributed by atoms with Crippen LogP contribution in [0.1, 0.15) is 406 Å². The molecule has 0 aliphatic carbocycles. The number of unbranched alkanes of at least 4 members (excludes halogenated alkanes) is 52. The molecule has 0 aromatic carbocycles. The minimum atomic E-state index is -0.774. The van der Waals surface area contributed by atoms with Crippen LogP contribution in [0.4, 0.5) is 0 Å². The number of esters is 3. The SMILES string of the molecule is CCCCCCCC/C=C\CCCCCCCCCC(=O)OCC(COC(=O)CCCCCCCCCCCCCCCCCCCCCCCCCCCC)OC(=O)CCCCCCCCC/C=C\CCCCCCCCC. The van der Waals surface area contributed by atoms with Gasteiger partial charge >= 0.3 is 17.9 Å². The maximum absolute atomic E-state index is 12.9. The highest BCUT2D eigenvalue weighted by Gasteiger charge is 2.19. The highest BCUT2D eigenvalue weighted by molar-refractivity contribution is 5.71. The molecular weight excluding hydrogens is 973 g/mol. The summed E-state index contributed by atoms with van der Waals surface area (Å²) in [5, 5.41) is 0. The first-order valence-electron chi connectivity index (χ1n) is 35.8. The Morgan fingerprint density at radius 3 is 0.633 bits per heavy atom. The maximum atomic E-state index is 12.9. The van der Waals surface area contributed by atoms with Crippen molar-refractivity contribution in [3.63, 3.8) is 0 Å². The Morgan fingerprint density at radius 1 is 0.241 bits per heavy atom. The van der Waals surface area contributed by atoms with Crippen LogP contribution in [0.5, 0.6) is 0 Å². The largest absolute Gasteiger partial charge is 0.462 e. The van der Waals surface area contributed by atoms with E-state index in [1.54, 1.807) is 0 Å². The molecule has 0 N–H and O–H groups in total. The van der Waals surface area contributed by atoms with Gasteiger partial charge in [-0.2, -0.15) is 0 Å². The quantitative estimate of drug-likeness (QED) is 0.0261. The van der Waals surface area contributed by atoms with Crippen molar-refractivity contribution in [2.75, 3.05) is 13.2 Å². The third-order valence-electron chi connectivity index (χ3n) is 16.4. The van der Waals surface area contributed by atoms with E-state index in [-0.39, 0.29) is 31.1 Å². The van der Waals surface area contributed by atoms with Gasteiger partial charge in [-0.1, -0.05) is 340 Å². The van der Waals surface area contributed by atoms with E-state index in [0.717, 1.165) is 57.8 Å². The van der Waals surface area contributed by atoms with Crippen molar-refractivity contribution in [1.29, 1.82) is 0 Å². The Hall–Kier alpha value is -2.11. The molecule has 1 unspecified atom stereocenters. The zero-order valence-corrected chi connectivity index (χ0v) is 53.7. The van der Waals surface area contributed by atoms with Gasteiger partial charge in [-0.3, -0.25) is 14.4 Å². The molecule has 0 aromatic rings. The van der Waals surface area contributed by atoms with E-state index < -0.39 is 6.10 Å². The van der Waals surface area contributed by atoms with Crippen molar-refractivity contribution in [2.45, 2.75) is 412 Å². The van der Waals surface area contributed by atoms with Crippen molar-refractivity contribution in [2.24, 2.45) is 0 Å². The Labute approximate surface area is 493 Å². The molecule has 0 bridgehead atoms. The van der Waals surface area contributed by atoms with Crippen LogP contribution in [0, 0.1) is 0 Å². The summed E-state index contributed by atoms with van der Waals surface area (Å²) in [6.45, 7) is 6.71. The highest BCUT2D eigenvalue weighted by atomic mass is 16.6. The van der Waals surface area contributed by atoms with Gasteiger partial charge in [0.1, 0.15) is 13.2 Å². The van der Waals surface area contributed by atoms with Crippen LogP contribution in [-0.2, 0) is 28.6 Å². The number of hydrogen-bond acceptors (Lipinski definition) is 6. The summed E-state index contributed by atoms with van der Waals surface area (Å²) in [4.78, 5) is 38.5. The van der Waals surface area contributed by atoms with E-state index in [0.29, 0.717) is 19.3 Å². The zero-order valence-electron chi connectivity index (χ0n) is 53.7. The second-order valence-electron chi connectivity index (χ2n) is 24.5. The van der Waals surface area contributed by atoms with Crippen molar-refractivity contribution >= 4 is 17.9 Å². The summed E-state index contributed by atoms with van der Waals surface area (Å²) in [6.07, 6.45) is 83.5. The molecule has 0 heterocycles. The molecular formula is C73H138O6. The van der Waals surface area contributed by atoms with Crippen LogP contribution < -0.4 is 0 Å². The van der Waals surface area contributed by atoms with Gasteiger partial charge < -0.3 is 14.2 Å². The average molecular weight is 1110 g/mol. The van der Waals surface area contributed by atoms with Gasteiger partial charge in [-0.05, 0) is 70.6 Å². The third-order valence-corrected chi connectivity index (χ3v) is 16.4. The molecule has 0 radical (unpaired) electrons. The van der Waals surface area contributed by atoms with Crippen molar-refractivity contribution in [1.82, 2.24) is 0 Å². The molecule has 466 valence electrons. The zero-order chi connectivity index (χ0) is 57.1. The highest BCUT2D eigenvalue weighted by Crippen LogP contribution is 2.19. The number of carbonyl (C=O) groups excluding carboxylic acids is 3.